The van der Waals surface area contributed by atoms with E-state index in [2.05, 4.69) is 10.1 Å². The van der Waals surface area contributed by atoms with Crippen LogP contribution >= 0.6 is 0 Å². The van der Waals surface area contributed by atoms with Gasteiger partial charge in [0.15, 0.2) is 5.69 Å². The normalized spacial score (nSPS) is 11.3. The van der Waals surface area contributed by atoms with Crippen molar-refractivity contribution in [2.75, 3.05) is 0 Å². The van der Waals surface area contributed by atoms with Crippen LogP contribution in [0.3, 0.4) is 0 Å². The molecule has 0 radical (unpaired) electrons. The second-order valence-corrected chi connectivity index (χ2v) is 4.45. The predicted octanol–water partition coefficient (Wildman–Crippen LogP) is 0.446. The lowest BCUT2D eigenvalue weighted by Crippen LogP contribution is -2.18. The first-order chi connectivity index (χ1) is 8.20. The molecule has 0 aliphatic heterocycles. The van der Waals surface area contributed by atoms with E-state index in [0.29, 0.717) is 6.20 Å². The number of nitrogens with zero attached hydrogens (tertiary/aromatic N) is 3. The summed E-state index contributed by atoms with van der Waals surface area (Å²) in [5.74, 6) is 0. The fourth-order valence-corrected chi connectivity index (χ4v) is 2.09. The average Bonchev–Trinajstić information content (AvgIpc) is 2.25. The van der Waals surface area contributed by atoms with Crippen LogP contribution in [0.2, 0.25) is 0 Å². The van der Waals surface area contributed by atoms with Gasteiger partial charge in [-0.2, -0.15) is 5.26 Å². The van der Waals surface area contributed by atoms with Gasteiger partial charge in [0.2, 0.25) is 10.0 Å². The third-order valence-electron chi connectivity index (χ3n) is 1.86. The van der Waals surface area contributed by atoms with Crippen LogP contribution < -0.4 is 5.14 Å². The molecule has 1 rings (SSSR count). The smallest absolute Gasteiger partial charge is 0.258 e. The van der Waals surface area contributed by atoms with Crippen molar-refractivity contribution in [2.45, 2.75) is 11.3 Å². The molecule has 0 aromatic carbocycles. The summed E-state index contributed by atoms with van der Waals surface area (Å²) in [7, 11) is -4.75. The lowest BCUT2D eigenvalue weighted by molar-refractivity contribution is -0.386. The lowest BCUT2D eigenvalue weighted by atomic mass is 10.2. The maximum Gasteiger partial charge on any atom is 0.297 e. The molecule has 96 valence electrons. The molecule has 8 nitrogen and oxygen atoms in total. The topological polar surface area (TPSA) is 140 Å². The quantitative estimate of drug-likeness (QED) is 0.628. The van der Waals surface area contributed by atoms with Crippen molar-refractivity contribution in [3.05, 3.63) is 27.6 Å². The van der Waals surface area contributed by atoms with Gasteiger partial charge >= 0.3 is 0 Å². The zero-order valence-electron chi connectivity index (χ0n) is 8.37. The number of hydrogen-bond acceptors (Lipinski definition) is 6. The highest BCUT2D eigenvalue weighted by Gasteiger charge is 2.33. The molecule has 0 spiro atoms. The summed E-state index contributed by atoms with van der Waals surface area (Å²) in [6.45, 7) is 0. The first-order valence-corrected chi connectivity index (χ1v) is 5.63. The summed E-state index contributed by atoms with van der Waals surface area (Å²) < 4.78 is 47.8. The van der Waals surface area contributed by atoms with Crippen LogP contribution in [0, 0.1) is 21.4 Å². The Kier molecular flexibility index (Phi) is 3.54. The largest absolute Gasteiger partial charge is 0.297 e. The molecule has 18 heavy (non-hydrogen) atoms. The van der Waals surface area contributed by atoms with Gasteiger partial charge in [-0.05, 0) is 0 Å². The third kappa shape index (κ3) is 2.39. The van der Waals surface area contributed by atoms with E-state index in [1.54, 1.807) is 0 Å². The summed E-state index contributed by atoms with van der Waals surface area (Å²) in [5.41, 5.74) is -3.57. The Morgan fingerprint density at radius 1 is 1.56 bits per heavy atom. The van der Waals surface area contributed by atoms with E-state index in [-0.39, 0.29) is 0 Å². The summed E-state index contributed by atoms with van der Waals surface area (Å²) in [4.78, 5) is 11.1. The third-order valence-corrected chi connectivity index (χ3v) is 2.84. The molecule has 0 saturated carbocycles. The SMILES string of the molecule is N#Cc1ncc([N+](=O)[O-])c(C(F)F)c1S(N)(=O)=O. The lowest BCUT2D eigenvalue weighted by Gasteiger charge is -2.08. The van der Waals surface area contributed by atoms with Crippen LogP contribution in [-0.4, -0.2) is 18.3 Å². The average molecular weight is 278 g/mol. The van der Waals surface area contributed by atoms with E-state index in [1.165, 1.54) is 6.07 Å². The number of nitro groups is 1. The molecule has 1 heterocycles. The van der Waals surface area contributed by atoms with Gasteiger partial charge < -0.3 is 0 Å². The highest BCUT2D eigenvalue weighted by atomic mass is 32.2. The molecule has 0 bridgehead atoms. The Bertz CT molecular complexity index is 652. The van der Waals surface area contributed by atoms with Crippen molar-refractivity contribution in [3.8, 4) is 6.07 Å². The number of halogens is 2. The number of pyridine rings is 1. The molecule has 0 amide bonds. The number of nitrogens with two attached hydrogens (primary N) is 1. The second kappa shape index (κ2) is 4.59. The highest BCUT2D eigenvalue weighted by Crippen LogP contribution is 2.34. The maximum absolute atomic E-state index is 12.7. The zero-order valence-corrected chi connectivity index (χ0v) is 9.19. The van der Waals surface area contributed by atoms with E-state index in [4.69, 9.17) is 5.26 Å². The number of rotatable bonds is 3. The predicted molar refractivity (Wildman–Crippen MR) is 51.9 cm³/mol. The minimum Gasteiger partial charge on any atom is -0.258 e. The fraction of sp³-hybridized carbons (Fsp3) is 0.143. The molecular formula is C7H4F2N4O4S. The van der Waals surface area contributed by atoms with Crippen molar-refractivity contribution in [1.29, 1.82) is 5.26 Å². The minimum absolute atomic E-state index is 0.384. The summed E-state index contributed by atoms with van der Waals surface area (Å²) in [6, 6.07) is 1.24. The molecule has 0 aliphatic carbocycles. The van der Waals surface area contributed by atoms with E-state index >= 15 is 0 Å². The van der Waals surface area contributed by atoms with Crippen LogP contribution in [0.5, 0.6) is 0 Å². The van der Waals surface area contributed by atoms with Crippen molar-refractivity contribution < 1.29 is 22.1 Å². The summed E-state index contributed by atoms with van der Waals surface area (Å²) >= 11 is 0. The molecule has 0 unspecified atom stereocenters. The monoisotopic (exact) mass is 278 g/mol. The van der Waals surface area contributed by atoms with Crippen molar-refractivity contribution in [2.24, 2.45) is 5.14 Å². The number of nitriles is 1. The van der Waals surface area contributed by atoms with E-state index in [1.807, 2.05) is 0 Å². The minimum atomic E-state index is -4.75. The van der Waals surface area contributed by atoms with Gasteiger partial charge in [0.05, 0.1) is 4.92 Å². The molecule has 0 saturated heterocycles. The molecule has 0 atom stereocenters. The van der Waals surface area contributed by atoms with Crippen LogP contribution in [0.1, 0.15) is 17.7 Å². The molecule has 0 aliphatic rings. The molecule has 1 aromatic rings. The van der Waals surface area contributed by atoms with Gasteiger partial charge in [-0.15, -0.1) is 0 Å². The Balaban J connectivity index is 3.90. The molecule has 11 heteroatoms. The van der Waals surface area contributed by atoms with E-state index in [9.17, 15) is 27.3 Å². The van der Waals surface area contributed by atoms with Crippen LogP contribution in [0.25, 0.3) is 0 Å². The molecular weight excluding hydrogens is 274 g/mol. The van der Waals surface area contributed by atoms with Crippen LogP contribution in [0.4, 0.5) is 14.5 Å². The summed E-state index contributed by atoms with van der Waals surface area (Å²) in [5, 5.41) is 23.8. The summed E-state index contributed by atoms with van der Waals surface area (Å²) in [6.07, 6.45) is -3.11. The van der Waals surface area contributed by atoms with Gasteiger partial charge in [-0.3, -0.25) is 10.1 Å². The number of primary sulfonamides is 1. The van der Waals surface area contributed by atoms with Gasteiger partial charge in [0.1, 0.15) is 22.7 Å². The fourth-order valence-electron chi connectivity index (χ4n) is 1.22. The number of alkyl halides is 2. The number of hydrogen-bond donors (Lipinski definition) is 1. The number of sulfonamides is 1. The Labute approximate surface area is 98.9 Å². The Morgan fingerprint density at radius 2 is 2.11 bits per heavy atom. The van der Waals surface area contributed by atoms with Crippen molar-refractivity contribution in [3.63, 3.8) is 0 Å². The number of aromatic nitrogens is 1. The first kappa shape index (κ1) is 13.9. The Morgan fingerprint density at radius 3 is 2.44 bits per heavy atom. The standard InChI is InChI=1S/C7H4F2N4O4S/c8-7(9)5-4(13(14)15)2-12-3(1-10)6(5)18(11,16)17/h2,7H,(H2,11,16,17). The van der Waals surface area contributed by atoms with Crippen molar-refractivity contribution >= 4 is 15.7 Å². The van der Waals surface area contributed by atoms with Gasteiger partial charge in [-0.1, -0.05) is 0 Å². The first-order valence-electron chi connectivity index (χ1n) is 4.08. The van der Waals surface area contributed by atoms with Gasteiger partial charge in [0, 0.05) is 0 Å². The highest BCUT2D eigenvalue weighted by molar-refractivity contribution is 7.89. The van der Waals surface area contributed by atoms with Gasteiger partial charge in [0.25, 0.3) is 12.1 Å². The van der Waals surface area contributed by atoms with Gasteiger partial charge in [-0.25, -0.2) is 27.3 Å². The Hall–Kier alpha value is -2.19. The van der Waals surface area contributed by atoms with Crippen molar-refractivity contribution in [1.82, 2.24) is 4.98 Å². The zero-order chi connectivity index (χ0) is 14.1. The second-order valence-electron chi connectivity index (χ2n) is 2.95. The maximum atomic E-state index is 12.7. The molecule has 1 aromatic heterocycles. The van der Waals surface area contributed by atoms with E-state index in [0.717, 1.165) is 0 Å². The molecule has 0 fully saturated rings. The van der Waals surface area contributed by atoms with E-state index < -0.39 is 43.2 Å². The van der Waals surface area contributed by atoms with Crippen LogP contribution in [-0.2, 0) is 10.0 Å². The molecule has 2 N–H and O–H groups in total. The van der Waals surface area contributed by atoms with Crippen LogP contribution in [0.15, 0.2) is 11.1 Å².